The van der Waals surface area contributed by atoms with Crippen LogP contribution in [0.25, 0.3) is 0 Å². The zero-order valence-electron chi connectivity index (χ0n) is 18.4. The molecule has 0 unspecified atom stereocenters. The molecule has 7 nitrogen and oxygen atoms in total. The van der Waals surface area contributed by atoms with Gasteiger partial charge in [-0.15, -0.1) is 0 Å². The Kier molecular flexibility index (Phi) is 7.50. The van der Waals surface area contributed by atoms with Gasteiger partial charge < -0.3 is 14.7 Å². The van der Waals surface area contributed by atoms with Gasteiger partial charge in [-0.3, -0.25) is 9.59 Å². The fourth-order valence-electron chi connectivity index (χ4n) is 3.70. The third-order valence-electron chi connectivity index (χ3n) is 5.65. The van der Waals surface area contributed by atoms with Crippen LogP contribution in [0.1, 0.15) is 40.5 Å². The van der Waals surface area contributed by atoms with Crippen LogP contribution in [-0.4, -0.2) is 76.6 Å². The predicted molar refractivity (Wildman–Crippen MR) is 121 cm³/mol. The molecular formula is C21H32ClN5O2S. The molecule has 2 saturated heterocycles. The Morgan fingerprint density at radius 2 is 1.70 bits per heavy atom. The smallest absolute Gasteiger partial charge is 0.233 e. The van der Waals surface area contributed by atoms with Crippen molar-refractivity contribution in [1.29, 1.82) is 0 Å². The van der Waals surface area contributed by atoms with Crippen LogP contribution in [0.15, 0.2) is 11.2 Å². The van der Waals surface area contributed by atoms with Crippen molar-refractivity contribution >= 4 is 41.0 Å². The maximum Gasteiger partial charge on any atom is 0.233 e. The van der Waals surface area contributed by atoms with Crippen LogP contribution in [0.3, 0.4) is 0 Å². The summed E-state index contributed by atoms with van der Waals surface area (Å²) in [4.78, 5) is 39.9. The highest BCUT2D eigenvalue weighted by Gasteiger charge is 2.30. The molecule has 0 saturated carbocycles. The van der Waals surface area contributed by atoms with E-state index in [0.29, 0.717) is 48.2 Å². The first-order valence-corrected chi connectivity index (χ1v) is 12.0. The Hall–Kier alpha value is -1.54. The molecule has 0 aromatic carbocycles. The zero-order chi connectivity index (χ0) is 21.9. The quantitative estimate of drug-likeness (QED) is 0.396. The SMILES string of the molecule is CC1CCN(C(=O)CSc2nc(Cl)cc(N3CCN(C(=O)C(C)(C)C)CC3)n2)CC1. The van der Waals surface area contributed by atoms with Gasteiger partial charge in [0.05, 0.1) is 5.75 Å². The summed E-state index contributed by atoms with van der Waals surface area (Å²) >= 11 is 7.57. The Labute approximate surface area is 188 Å². The largest absolute Gasteiger partial charge is 0.353 e. The van der Waals surface area contributed by atoms with Crippen LogP contribution in [0, 0.1) is 11.3 Å². The van der Waals surface area contributed by atoms with Crippen LogP contribution in [0.4, 0.5) is 5.82 Å². The predicted octanol–water partition coefficient (Wildman–Crippen LogP) is 3.18. The molecule has 30 heavy (non-hydrogen) atoms. The number of nitrogens with zero attached hydrogens (tertiary/aromatic N) is 5. The number of likely N-dealkylation sites (tertiary alicyclic amines) is 1. The minimum Gasteiger partial charge on any atom is -0.353 e. The lowest BCUT2D eigenvalue weighted by molar-refractivity contribution is -0.139. The van der Waals surface area contributed by atoms with E-state index in [-0.39, 0.29) is 17.2 Å². The van der Waals surface area contributed by atoms with Crippen LogP contribution in [-0.2, 0) is 9.59 Å². The molecule has 0 radical (unpaired) electrons. The molecule has 1 aromatic rings. The third-order valence-corrected chi connectivity index (χ3v) is 6.68. The van der Waals surface area contributed by atoms with Gasteiger partial charge in [0, 0.05) is 50.7 Å². The summed E-state index contributed by atoms with van der Waals surface area (Å²) in [7, 11) is 0. The van der Waals surface area contributed by atoms with E-state index in [1.807, 2.05) is 30.6 Å². The number of hydrogen-bond donors (Lipinski definition) is 0. The van der Waals surface area contributed by atoms with Crippen LogP contribution in [0.5, 0.6) is 0 Å². The number of aromatic nitrogens is 2. The number of carbonyl (C=O) groups excluding carboxylic acids is 2. The summed E-state index contributed by atoms with van der Waals surface area (Å²) < 4.78 is 0. The van der Waals surface area contributed by atoms with Crippen molar-refractivity contribution in [2.24, 2.45) is 11.3 Å². The molecule has 0 bridgehead atoms. The average molecular weight is 454 g/mol. The first-order valence-electron chi connectivity index (χ1n) is 10.6. The summed E-state index contributed by atoms with van der Waals surface area (Å²) in [6.45, 7) is 12.5. The molecule has 0 spiro atoms. The Bertz CT molecular complexity index is 769. The second-order valence-electron chi connectivity index (χ2n) is 9.21. The number of rotatable bonds is 4. The van der Waals surface area contributed by atoms with Gasteiger partial charge in [0.2, 0.25) is 11.8 Å². The topological polar surface area (TPSA) is 69.6 Å². The summed E-state index contributed by atoms with van der Waals surface area (Å²) in [5.41, 5.74) is -0.372. The molecular weight excluding hydrogens is 422 g/mol. The molecule has 3 heterocycles. The summed E-state index contributed by atoms with van der Waals surface area (Å²) in [6.07, 6.45) is 2.13. The molecule has 0 aliphatic carbocycles. The van der Waals surface area contributed by atoms with Crippen molar-refractivity contribution in [3.8, 4) is 0 Å². The highest BCUT2D eigenvalue weighted by atomic mass is 35.5. The maximum atomic E-state index is 12.5. The van der Waals surface area contributed by atoms with E-state index in [1.165, 1.54) is 11.8 Å². The number of thioether (sulfide) groups is 1. The minimum absolute atomic E-state index is 0.131. The lowest BCUT2D eigenvalue weighted by Crippen LogP contribution is -2.51. The van der Waals surface area contributed by atoms with E-state index in [2.05, 4.69) is 21.8 Å². The van der Waals surface area contributed by atoms with Crippen molar-refractivity contribution in [3.05, 3.63) is 11.2 Å². The highest BCUT2D eigenvalue weighted by molar-refractivity contribution is 7.99. The van der Waals surface area contributed by atoms with E-state index in [1.54, 1.807) is 6.07 Å². The zero-order valence-corrected chi connectivity index (χ0v) is 19.9. The number of piperidine rings is 1. The lowest BCUT2D eigenvalue weighted by Gasteiger charge is -2.38. The van der Waals surface area contributed by atoms with Crippen molar-refractivity contribution in [2.75, 3.05) is 49.9 Å². The Balaban J connectivity index is 1.56. The second kappa shape index (κ2) is 9.73. The Morgan fingerprint density at radius 3 is 2.30 bits per heavy atom. The molecule has 3 rings (SSSR count). The highest BCUT2D eigenvalue weighted by Crippen LogP contribution is 2.25. The van der Waals surface area contributed by atoms with E-state index in [0.717, 1.165) is 31.7 Å². The molecule has 1 aromatic heterocycles. The van der Waals surface area contributed by atoms with Gasteiger partial charge in [0.15, 0.2) is 5.16 Å². The maximum absolute atomic E-state index is 12.5. The number of piperazine rings is 1. The molecule has 2 aliphatic heterocycles. The minimum atomic E-state index is -0.372. The van der Waals surface area contributed by atoms with E-state index in [4.69, 9.17) is 11.6 Å². The van der Waals surface area contributed by atoms with Gasteiger partial charge in [-0.1, -0.05) is 51.1 Å². The van der Waals surface area contributed by atoms with Crippen LogP contribution in [0.2, 0.25) is 5.15 Å². The molecule has 9 heteroatoms. The molecule has 2 aliphatic rings. The fraction of sp³-hybridized carbons (Fsp3) is 0.714. The molecule has 0 atom stereocenters. The average Bonchev–Trinajstić information content (AvgIpc) is 2.71. The van der Waals surface area contributed by atoms with Crippen LogP contribution >= 0.6 is 23.4 Å². The monoisotopic (exact) mass is 453 g/mol. The van der Waals surface area contributed by atoms with Gasteiger partial charge in [0.25, 0.3) is 0 Å². The number of hydrogen-bond acceptors (Lipinski definition) is 6. The van der Waals surface area contributed by atoms with Crippen molar-refractivity contribution in [3.63, 3.8) is 0 Å². The van der Waals surface area contributed by atoms with Gasteiger partial charge in [-0.25, -0.2) is 9.97 Å². The van der Waals surface area contributed by atoms with E-state index < -0.39 is 0 Å². The first-order chi connectivity index (χ1) is 14.1. The molecule has 2 amide bonds. The van der Waals surface area contributed by atoms with Gasteiger partial charge in [0.1, 0.15) is 11.0 Å². The van der Waals surface area contributed by atoms with Crippen molar-refractivity contribution in [1.82, 2.24) is 19.8 Å². The van der Waals surface area contributed by atoms with E-state index in [9.17, 15) is 9.59 Å². The van der Waals surface area contributed by atoms with Gasteiger partial charge >= 0.3 is 0 Å². The number of amides is 2. The molecule has 0 N–H and O–H groups in total. The number of halogens is 1. The normalized spacial score (nSPS) is 18.6. The summed E-state index contributed by atoms with van der Waals surface area (Å²) in [5.74, 6) is 2.07. The standard InChI is InChI=1S/C21H32ClN5O2S/c1-15-5-7-26(8-6-15)18(28)14-30-20-23-16(22)13-17(24-20)25-9-11-27(12-10-25)19(29)21(2,3)4/h13,15H,5-12,14H2,1-4H3. The van der Waals surface area contributed by atoms with Crippen molar-refractivity contribution in [2.45, 2.75) is 45.7 Å². The van der Waals surface area contributed by atoms with Gasteiger partial charge in [-0.05, 0) is 18.8 Å². The molecule has 2 fully saturated rings. The van der Waals surface area contributed by atoms with Crippen molar-refractivity contribution < 1.29 is 9.59 Å². The number of anilines is 1. The summed E-state index contributed by atoms with van der Waals surface area (Å²) in [5, 5.41) is 0.888. The van der Waals surface area contributed by atoms with Crippen LogP contribution < -0.4 is 4.90 Å². The van der Waals surface area contributed by atoms with Gasteiger partial charge in [-0.2, -0.15) is 0 Å². The number of carbonyl (C=O) groups is 2. The lowest BCUT2D eigenvalue weighted by atomic mass is 9.94. The van der Waals surface area contributed by atoms with E-state index >= 15 is 0 Å². The second-order valence-corrected chi connectivity index (χ2v) is 10.5. The molecule has 166 valence electrons. The fourth-order valence-corrected chi connectivity index (χ4v) is 4.68. The third kappa shape index (κ3) is 6.00. The first kappa shape index (κ1) is 23.1. The summed E-state index contributed by atoms with van der Waals surface area (Å²) in [6, 6.07) is 1.75. The Morgan fingerprint density at radius 1 is 1.07 bits per heavy atom.